The zero-order valence-corrected chi connectivity index (χ0v) is 18.5. The Morgan fingerprint density at radius 2 is 1.31 bits per heavy atom. The molecule has 2 aromatic rings. The summed E-state index contributed by atoms with van der Waals surface area (Å²) >= 11 is 0. The van der Waals surface area contributed by atoms with Gasteiger partial charge in [-0.25, -0.2) is 0 Å². The Labute approximate surface area is 178 Å². The second-order valence-electron chi connectivity index (χ2n) is 9.48. The molecular weight excluding hydrogens is 348 g/mol. The first-order valence-corrected chi connectivity index (χ1v) is 12.2. The highest BCUT2D eigenvalue weighted by molar-refractivity contribution is 5.71. The minimum absolute atomic E-state index is 0.782. The molecule has 0 heterocycles. The number of hydrogen-bond donors (Lipinski definition) is 0. The third-order valence-electron chi connectivity index (χ3n) is 7.61. The summed E-state index contributed by atoms with van der Waals surface area (Å²) in [5.41, 5.74) is 7.22. The van der Waals surface area contributed by atoms with Crippen molar-refractivity contribution in [2.45, 2.75) is 84.0 Å². The highest BCUT2D eigenvalue weighted by Crippen LogP contribution is 2.38. The van der Waals surface area contributed by atoms with Gasteiger partial charge in [0.1, 0.15) is 0 Å². The molecule has 1 fully saturated rings. The molecule has 4 rings (SSSR count). The van der Waals surface area contributed by atoms with E-state index in [9.17, 15) is 0 Å². The summed E-state index contributed by atoms with van der Waals surface area (Å²) in [4.78, 5) is 0. The maximum Gasteiger partial charge on any atom is -0.0162 e. The van der Waals surface area contributed by atoms with Gasteiger partial charge < -0.3 is 0 Å². The molecule has 0 amide bonds. The molecule has 0 aromatic heterocycles. The minimum Gasteiger partial charge on any atom is -0.0804 e. The Balaban J connectivity index is 1.39. The Morgan fingerprint density at radius 3 is 1.86 bits per heavy atom. The van der Waals surface area contributed by atoms with Crippen LogP contribution >= 0.6 is 0 Å². The predicted octanol–water partition coefficient (Wildman–Crippen LogP) is 9.02. The van der Waals surface area contributed by atoms with Crippen LogP contribution in [0.2, 0.25) is 0 Å². The summed E-state index contributed by atoms with van der Waals surface area (Å²) in [6.07, 6.45) is 16.0. The van der Waals surface area contributed by atoms with Crippen molar-refractivity contribution in [2.75, 3.05) is 0 Å². The van der Waals surface area contributed by atoms with Gasteiger partial charge in [0, 0.05) is 0 Å². The maximum atomic E-state index is 2.48. The van der Waals surface area contributed by atoms with Gasteiger partial charge in [0.2, 0.25) is 0 Å². The lowest BCUT2D eigenvalue weighted by Gasteiger charge is -2.28. The van der Waals surface area contributed by atoms with Crippen LogP contribution in [0.15, 0.2) is 54.6 Å². The van der Waals surface area contributed by atoms with Gasteiger partial charge >= 0.3 is 0 Å². The number of rotatable bonds is 6. The van der Waals surface area contributed by atoms with Crippen molar-refractivity contribution in [3.63, 3.8) is 0 Å². The van der Waals surface area contributed by atoms with Crippen LogP contribution in [0.4, 0.5) is 0 Å². The largest absolute Gasteiger partial charge is 0.0804 e. The highest BCUT2D eigenvalue weighted by Gasteiger charge is 2.21. The zero-order chi connectivity index (χ0) is 20.1. The van der Waals surface area contributed by atoms with Crippen LogP contribution in [0.1, 0.15) is 95.1 Å². The van der Waals surface area contributed by atoms with Gasteiger partial charge in [0.25, 0.3) is 0 Å². The van der Waals surface area contributed by atoms with Crippen LogP contribution in [-0.4, -0.2) is 0 Å². The second kappa shape index (κ2) is 9.79. The first-order chi connectivity index (χ1) is 14.3. The molecule has 1 unspecified atom stereocenters. The van der Waals surface area contributed by atoms with E-state index in [-0.39, 0.29) is 0 Å². The third kappa shape index (κ3) is 5.03. The summed E-state index contributed by atoms with van der Waals surface area (Å²) in [6, 6.07) is 18.8. The second-order valence-corrected chi connectivity index (χ2v) is 9.48. The summed E-state index contributed by atoms with van der Waals surface area (Å²) in [7, 11) is 0. The van der Waals surface area contributed by atoms with Gasteiger partial charge in [-0.15, -0.1) is 0 Å². The maximum absolute atomic E-state index is 2.48. The molecular formula is C29H38. The molecule has 2 aliphatic carbocycles. The Morgan fingerprint density at radius 1 is 0.690 bits per heavy atom. The fourth-order valence-electron chi connectivity index (χ4n) is 5.54. The van der Waals surface area contributed by atoms with E-state index >= 15 is 0 Å². The minimum atomic E-state index is 0.782. The summed E-state index contributed by atoms with van der Waals surface area (Å²) in [5.74, 6) is 2.67. The molecule has 0 saturated heterocycles. The van der Waals surface area contributed by atoms with Crippen molar-refractivity contribution >= 4 is 5.57 Å². The molecule has 0 aliphatic heterocycles. The molecule has 2 aromatic carbocycles. The summed E-state index contributed by atoms with van der Waals surface area (Å²) < 4.78 is 0. The van der Waals surface area contributed by atoms with Crippen LogP contribution in [0, 0.1) is 11.8 Å². The van der Waals surface area contributed by atoms with Crippen LogP contribution in [0.25, 0.3) is 16.7 Å². The molecule has 2 aliphatic rings. The van der Waals surface area contributed by atoms with Crippen LogP contribution in [0.5, 0.6) is 0 Å². The Bertz CT molecular complexity index is 785. The third-order valence-corrected chi connectivity index (χ3v) is 7.61. The monoisotopic (exact) mass is 386 g/mol. The van der Waals surface area contributed by atoms with Gasteiger partial charge in [0.15, 0.2) is 0 Å². The molecule has 0 nitrogen and oxygen atoms in total. The zero-order valence-electron chi connectivity index (χ0n) is 18.5. The average Bonchev–Trinajstić information content (AvgIpc) is 2.80. The molecule has 1 atom stereocenters. The highest BCUT2D eigenvalue weighted by atomic mass is 14.3. The molecule has 0 heteroatoms. The van der Waals surface area contributed by atoms with Crippen molar-refractivity contribution in [3.05, 3.63) is 65.7 Å². The fraction of sp³-hybridized carbons (Fsp3) is 0.517. The fourth-order valence-corrected chi connectivity index (χ4v) is 5.54. The van der Waals surface area contributed by atoms with Crippen molar-refractivity contribution < 1.29 is 0 Å². The molecule has 0 radical (unpaired) electrons. The predicted molar refractivity (Wildman–Crippen MR) is 127 cm³/mol. The van der Waals surface area contributed by atoms with Gasteiger partial charge in [0.05, 0.1) is 0 Å². The molecule has 154 valence electrons. The lowest BCUT2D eigenvalue weighted by molar-refractivity contribution is 0.308. The number of hydrogen-bond acceptors (Lipinski definition) is 0. The van der Waals surface area contributed by atoms with E-state index in [2.05, 4.69) is 68.5 Å². The topological polar surface area (TPSA) is 0 Å². The first-order valence-electron chi connectivity index (χ1n) is 12.2. The van der Waals surface area contributed by atoms with Crippen LogP contribution in [0.3, 0.4) is 0 Å². The lowest BCUT2D eigenvalue weighted by atomic mass is 9.77. The van der Waals surface area contributed by atoms with Gasteiger partial charge in [-0.05, 0) is 90.5 Å². The van der Waals surface area contributed by atoms with Crippen molar-refractivity contribution in [1.29, 1.82) is 0 Å². The van der Waals surface area contributed by atoms with E-state index in [0.717, 1.165) is 17.8 Å². The van der Waals surface area contributed by atoms with E-state index in [4.69, 9.17) is 0 Å². The standard InChI is InChI=1S/C29H38/c1-3-5-23-8-12-25(13-9-23)27-16-20-29(21-17-27)28-18-14-26(15-19-28)24-10-6-22(4-2)7-11-24/h10,14-23,25H,3-9,11-13H2,1-2H3. The van der Waals surface area contributed by atoms with Gasteiger partial charge in [-0.1, -0.05) is 87.7 Å². The van der Waals surface area contributed by atoms with Crippen molar-refractivity contribution in [3.8, 4) is 11.1 Å². The first kappa shape index (κ1) is 20.5. The lowest BCUT2D eigenvalue weighted by Crippen LogP contribution is -2.13. The Hall–Kier alpha value is -1.82. The molecule has 0 spiro atoms. The molecule has 1 saturated carbocycles. The van der Waals surface area contributed by atoms with Crippen LogP contribution in [-0.2, 0) is 0 Å². The Kier molecular flexibility index (Phi) is 6.90. The molecule has 0 N–H and O–H groups in total. The van der Waals surface area contributed by atoms with E-state index in [1.165, 1.54) is 80.9 Å². The van der Waals surface area contributed by atoms with Gasteiger partial charge in [-0.2, -0.15) is 0 Å². The average molecular weight is 387 g/mol. The van der Waals surface area contributed by atoms with E-state index in [1.54, 1.807) is 11.1 Å². The smallest absolute Gasteiger partial charge is 0.0162 e. The number of allylic oxidation sites excluding steroid dienone is 2. The quantitative estimate of drug-likeness (QED) is 0.464. The van der Waals surface area contributed by atoms with Crippen molar-refractivity contribution in [1.82, 2.24) is 0 Å². The van der Waals surface area contributed by atoms with E-state index in [1.807, 2.05) is 0 Å². The number of benzene rings is 2. The normalized spacial score (nSPS) is 24.9. The molecule has 29 heavy (non-hydrogen) atoms. The van der Waals surface area contributed by atoms with Gasteiger partial charge in [-0.3, -0.25) is 0 Å². The SMILES string of the molecule is CCCC1CCC(c2ccc(-c3ccc(C4=CCC(CC)CC4)cc3)cc2)CC1. The summed E-state index contributed by atoms with van der Waals surface area (Å²) in [5, 5.41) is 0. The van der Waals surface area contributed by atoms with E-state index in [0.29, 0.717) is 0 Å². The van der Waals surface area contributed by atoms with E-state index < -0.39 is 0 Å². The summed E-state index contributed by atoms with van der Waals surface area (Å²) in [6.45, 7) is 4.65. The van der Waals surface area contributed by atoms with Crippen molar-refractivity contribution in [2.24, 2.45) is 11.8 Å². The van der Waals surface area contributed by atoms with Crippen LogP contribution < -0.4 is 0 Å². The molecule has 0 bridgehead atoms.